The van der Waals surface area contributed by atoms with Gasteiger partial charge < -0.3 is 10.0 Å². The number of aliphatic hydroxyl groups is 1. The van der Waals surface area contributed by atoms with Gasteiger partial charge in [0.2, 0.25) is 11.8 Å². The van der Waals surface area contributed by atoms with Crippen molar-refractivity contribution >= 4 is 28.1 Å². The topological polar surface area (TPSA) is 75.4 Å². The maximum atomic E-state index is 14.4. The summed E-state index contributed by atoms with van der Waals surface area (Å²) < 4.78 is 30.3. The van der Waals surface area contributed by atoms with Crippen LogP contribution in [-0.4, -0.2) is 50.1 Å². The van der Waals surface area contributed by atoms with E-state index in [1.54, 1.807) is 10.3 Å². The first-order valence-electron chi connectivity index (χ1n) is 13.7. The first-order chi connectivity index (χ1) is 19.2. The molecule has 1 N–H and O–H groups in total. The number of benzene rings is 2. The minimum absolute atomic E-state index is 0.0570. The number of halogens is 2. The van der Waals surface area contributed by atoms with E-state index in [1.807, 2.05) is 60.7 Å². The molecule has 6 rings (SSSR count). The van der Waals surface area contributed by atoms with Gasteiger partial charge in [-0.25, -0.2) is 13.8 Å². The van der Waals surface area contributed by atoms with Crippen molar-refractivity contribution in [3.63, 3.8) is 0 Å². The van der Waals surface area contributed by atoms with Gasteiger partial charge in [0.05, 0.1) is 40.2 Å². The molecule has 2 atom stereocenters. The first-order valence-corrected chi connectivity index (χ1v) is 14.6. The number of aromatic nitrogens is 2. The smallest absolute Gasteiger partial charge is 0.262 e. The SMILES string of the molecule is O=C([C@H]1CC(F)(F)CC[C@@H]1c1ccccc1)N1CCC(O)(Cn2cnc3c(-c4ccccc4)scc3c2=O)CC1. The Balaban J connectivity index is 1.16. The van der Waals surface area contributed by atoms with Crippen molar-refractivity contribution in [2.24, 2.45) is 5.92 Å². The summed E-state index contributed by atoms with van der Waals surface area (Å²) in [6.45, 7) is 0.557. The summed E-state index contributed by atoms with van der Waals surface area (Å²) in [4.78, 5) is 33.9. The van der Waals surface area contributed by atoms with E-state index >= 15 is 0 Å². The Morgan fingerprint density at radius 1 is 1.02 bits per heavy atom. The van der Waals surface area contributed by atoms with Crippen molar-refractivity contribution in [3.8, 4) is 10.4 Å². The van der Waals surface area contributed by atoms with Gasteiger partial charge in [-0.2, -0.15) is 0 Å². The summed E-state index contributed by atoms with van der Waals surface area (Å²) in [5.74, 6) is -4.19. The second-order valence-electron chi connectivity index (χ2n) is 11.1. The zero-order chi connectivity index (χ0) is 27.9. The number of hydrogen-bond acceptors (Lipinski definition) is 5. The highest BCUT2D eigenvalue weighted by Gasteiger charge is 2.47. The molecule has 2 aromatic heterocycles. The van der Waals surface area contributed by atoms with Gasteiger partial charge in [0.15, 0.2) is 0 Å². The van der Waals surface area contributed by atoms with Gasteiger partial charge in [-0.05, 0) is 36.3 Å². The summed E-state index contributed by atoms with van der Waals surface area (Å²) >= 11 is 1.46. The molecule has 1 amide bonds. The lowest BCUT2D eigenvalue weighted by atomic mass is 9.73. The Bertz CT molecular complexity index is 1560. The molecule has 2 aromatic carbocycles. The molecule has 0 radical (unpaired) electrons. The fraction of sp³-hybridized carbons (Fsp3) is 0.387. The Kier molecular flexibility index (Phi) is 7.04. The summed E-state index contributed by atoms with van der Waals surface area (Å²) in [5.41, 5.74) is 1.13. The number of carbonyl (C=O) groups is 1. The second-order valence-corrected chi connectivity index (χ2v) is 12.0. The average Bonchev–Trinajstić information content (AvgIpc) is 3.40. The van der Waals surface area contributed by atoms with E-state index in [-0.39, 0.29) is 62.7 Å². The second kappa shape index (κ2) is 10.5. The Morgan fingerprint density at radius 3 is 2.40 bits per heavy atom. The molecule has 0 bridgehead atoms. The number of carbonyl (C=O) groups excluding carboxylic acids is 1. The van der Waals surface area contributed by atoms with Gasteiger partial charge in [0, 0.05) is 31.3 Å². The fourth-order valence-electron chi connectivity index (χ4n) is 6.22. The predicted molar refractivity (Wildman–Crippen MR) is 152 cm³/mol. The summed E-state index contributed by atoms with van der Waals surface area (Å²) in [7, 11) is 0. The molecule has 2 fully saturated rings. The van der Waals surface area contributed by atoms with Crippen LogP contribution >= 0.6 is 11.3 Å². The van der Waals surface area contributed by atoms with E-state index in [0.717, 1.165) is 16.0 Å². The van der Waals surface area contributed by atoms with Crippen LogP contribution in [0.15, 0.2) is 77.2 Å². The van der Waals surface area contributed by atoms with E-state index in [9.17, 15) is 23.5 Å². The number of amides is 1. The van der Waals surface area contributed by atoms with E-state index in [4.69, 9.17) is 0 Å². The lowest BCUT2D eigenvalue weighted by Crippen LogP contribution is -2.52. The molecule has 40 heavy (non-hydrogen) atoms. The molecule has 1 saturated heterocycles. The minimum atomic E-state index is -2.86. The number of fused-ring (bicyclic) bond motifs is 1. The largest absolute Gasteiger partial charge is 0.388 e. The molecule has 6 nitrogen and oxygen atoms in total. The van der Waals surface area contributed by atoms with Crippen LogP contribution < -0.4 is 5.56 Å². The third-order valence-electron chi connectivity index (χ3n) is 8.46. The van der Waals surface area contributed by atoms with Crippen molar-refractivity contribution in [1.29, 1.82) is 0 Å². The molecule has 9 heteroatoms. The van der Waals surface area contributed by atoms with Crippen molar-refractivity contribution < 1.29 is 18.7 Å². The normalized spacial score (nSPS) is 22.3. The molecule has 1 saturated carbocycles. The van der Waals surface area contributed by atoms with Gasteiger partial charge in [0.1, 0.15) is 0 Å². The quantitative estimate of drug-likeness (QED) is 0.338. The number of rotatable bonds is 5. The summed E-state index contributed by atoms with van der Waals surface area (Å²) in [5, 5.41) is 13.7. The van der Waals surface area contributed by atoms with Crippen LogP contribution in [0.5, 0.6) is 0 Å². The highest BCUT2D eigenvalue weighted by molar-refractivity contribution is 7.15. The van der Waals surface area contributed by atoms with Crippen LogP contribution in [-0.2, 0) is 11.3 Å². The highest BCUT2D eigenvalue weighted by atomic mass is 32.1. The van der Waals surface area contributed by atoms with E-state index in [1.165, 1.54) is 22.2 Å². The highest BCUT2D eigenvalue weighted by Crippen LogP contribution is 2.46. The van der Waals surface area contributed by atoms with Gasteiger partial charge in [-0.15, -0.1) is 11.3 Å². The first kappa shape index (κ1) is 26.8. The van der Waals surface area contributed by atoms with Crippen LogP contribution in [0.1, 0.15) is 43.6 Å². The molecule has 1 aliphatic heterocycles. The third kappa shape index (κ3) is 5.20. The molecular weight excluding hydrogens is 532 g/mol. The maximum Gasteiger partial charge on any atom is 0.262 e. The van der Waals surface area contributed by atoms with Crippen molar-refractivity contribution in [2.45, 2.75) is 56.1 Å². The van der Waals surface area contributed by atoms with Gasteiger partial charge in [-0.1, -0.05) is 60.7 Å². The minimum Gasteiger partial charge on any atom is -0.388 e. The van der Waals surface area contributed by atoms with E-state index in [0.29, 0.717) is 10.9 Å². The van der Waals surface area contributed by atoms with Crippen molar-refractivity contribution in [3.05, 3.63) is 88.3 Å². The molecule has 0 unspecified atom stereocenters. The van der Waals surface area contributed by atoms with Crippen molar-refractivity contribution in [1.82, 2.24) is 14.5 Å². The van der Waals surface area contributed by atoms with Gasteiger partial charge in [0.25, 0.3) is 5.56 Å². The number of piperidine rings is 1. The van der Waals surface area contributed by atoms with Crippen LogP contribution in [0, 0.1) is 5.92 Å². The molecule has 2 aliphatic rings. The van der Waals surface area contributed by atoms with E-state index in [2.05, 4.69) is 4.98 Å². The number of hydrogen-bond donors (Lipinski definition) is 1. The monoisotopic (exact) mass is 563 g/mol. The molecule has 1 aliphatic carbocycles. The lowest BCUT2D eigenvalue weighted by Gasteiger charge is -2.42. The van der Waals surface area contributed by atoms with Crippen LogP contribution in [0.2, 0.25) is 0 Å². The lowest BCUT2D eigenvalue weighted by molar-refractivity contribution is -0.148. The molecular formula is C31H31F2N3O3S. The number of likely N-dealkylation sites (tertiary alicyclic amines) is 1. The van der Waals surface area contributed by atoms with Crippen LogP contribution in [0.4, 0.5) is 8.78 Å². The maximum absolute atomic E-state index is 14.4. The Hall–Kier alpha value is -3.43. The Morgan fingerprint density at radius 2 is 1.70 bits per heavy atom. The Labute approximate surface area is 234 Å². The van der Waals surface area contributed by atoms with Crippen LogP contribution in [0.3, 0.4) is 0 Å². The summed E-state index contributed by atoms with van der Waals surface area (Å²) in [6, 6.07) is 19.2. The molecule has 0 spiro atoms. The average molecular weight is 564 g/mol. The van der Waals surface area contributed by atoms with Crippen LogP contribution in [0.25, 0.3) is 21.3 Å². The summed E-state index contributed by atoms with van der Waals surface area (Å²) in [6.07, 6.45) is 1.56. The molecule has 208 valence electrons. The number of alkyl halides is 2. The third-order valence-corrected chi connectivity index (χ3v) is 9.48. The zero-order valence-corrected chi connectivity index (χ0v) is 22.8. The standard InChI is InChI=1S/C31H31F2N3O3S/c32-31(33)12-11-23(21-7-3-1-4-8-21)24(17-31)28(37)35-15-13-30(39,14-16-35)19-36-20-34-26-25(29(36)38)18-40-27(26)22-9-5-2-6-10-22/h1-10,18,20,23-24,39H,11-17,19H2/t23-,24+/m1/s1. The van der Waals surface area contributed by atoms with Gasteiger partial charge in [-0.3, -0.25) is 14.2 Å². The van der Waals surface area contributed by atoms with Gasteiger partial charge >= 0.3 is 0 Å². The number of thiophene rings is 1. The molecule has 3 heterocycles. The van der Waals surface area contributed by atoms with Crippen molar-refractivity contribution in [2.75, 3.05) is 13.1 Å². The zero-order valence-electron chi connectivity index (χ0n) is 22.0. The van der Waals surface area contributed by atoms with E-state index < -0.39 is 23.9 Å². The fourth-order valence-corrected chi connectivity index (χ4v) is 7.21. The predicted octanol–water partition coefficient (Wildman–Crippen LogP) is 5.70. The number of nitrogens with zero attached hydrogens (tertiary/aromatic N) is 3. The molecule has 4 aromatic rings.